The summed E-state index contributed by atoms with van der Waals surface area (Å²) in [6.45, 7) is 13.9. The molecule has 1 saturated heterocycles. The fraction of sp³-hybridized carbons (Fsp3) is 0.810. The van der Waals surface area contributed by atoms with Crippen LogP contribution in [0.2, 0.25) is 0 Å². The number of nitrogens with zero attached hydrogens (tertiary/aromatic N) is 1. The lowest BCUT2D eigenvalue weighted by atomic mass is 9.69. The van der Waals surface area contributed by atoms with E-state index in [0.717, 1.165) is 39.3 Å². The van der Waals surface area contributed by atoms with Crippen LogP contribution in [0.1, 0.15) is 40.5 Å². The van der Waals surface area contributed by atoms with Gasteiger partial charge in [-0.1, -0.05) is 25.5 Å². The van der Waals surface area contributed by atoms with Crippen LogP contribution in [-0.4, -0.2) is 62.7 Å². The van der Waals surface area contributed by atoms with E-state index in [9.17, 15) is 9.59 Å². The molecule has 2 N–H and O–H groups in total. The molecule has 1 fully saturated rings. The number of carbonyl (C=O) groups excluding carboxylic acids is 2. The summed E-state index contributed by atoms with van der Waals surface area (Å²) in [6, 6.07) is 0. The van der Waals surface area contributed by atoms with Crippen molar-refractivity contribution in [2.75, 3.05) is 45.9 Å². The van der Waals surface area contributed by atoms with Crippen molar-refractivity contribution < 1.29 is 14.3 Å². The van der Waals surface area contributed by atoms with Gasteiger partial charge in [-0.2, -0.15) is 0 Å². The average molecular weight is 380 g/mol. The number of hydrogen-bond acceptors (Lipinski definition) is 4. The maximum absolute atomic E-state index is 12.4. The summed E-state index contributed by atoms with van der Waals surface area (Å²) < 4.78 is 5.35. The number of allylic oxidation sites excluding steroid dienone is 1. The minimum absolute atomic E-state index is 0.0188. The predicted molar refractivity (Wildman–Crippen MR) is 107 cm³/mol. The van der Waals surface area contributed by atoms with Gasteiger partial charge < -0.3 is 15.4 Å². The Bertz CT molecular complexity index is 527. The number of carbonyl (C=O) groups is 2. The molecule has 2 amide bonds. The zero-order valence-electron chi connectivity index (χ0n) is 17.4. The second-order valence-corrected chi connectivity index (χ2v) is 8.36. The third-order valence-electron chi connectivity index (χ3n) is 5.96. The third kappa shape index (κ3) is 7.26. The van der Waals surface area contributed by atoms with Crippen molar-refractivity contribution >= 4 is 11.8 Å². The lowest BCUT2D eigenvalue weighted by Crippen LogP contribution is -2.42. The summed E-state index contributed by atoms with van der Waals surface area (Å²) in [6.07, 6.45) is 3.86. The Morgan fingerprint density at radius 2 is 1.96 bits per heavy atom. The molecule has 0 spiro atoms. The maximum atomic E-state index is 12.4. The van der Waals surface area contributed by atoms with Crippen LogP contribution in [0.25, 0.3) is 0 Å². The summed E-state index contributed by atoms with van der Waals surface area (Å²) in [5, 5.41) is 6.05. The second kappa shape index (κ2) is 10.8. The summed E-state index contributed by atoms with van der Waals surface area (Å²) in [5.74, 6) is 1.84. The predicted octanol–water partition coefficient (Wildman–Crippen LogP) is 1.82. The van der Waals surface area contributed by atoms with Gasteiger partial charge in [-0.25, -0.2) is 0 Å². The SMILES string of the molecule is CC(=O)NC[C@@H]1C=C(C)[C@H](CC(=O)NCCN2CCOCC2)C[C@H]1C(C)C. The molecule has 3 atom stereocenters. The highest BCUT2D eigenvalue weighted by molar-refractivity contribution is 5.76. The van der Waals surface area contributed by atoms with Gasteiger partial charge in [0.15, 0.2) is 0 Å². The minimum Gasteiger partial charge on any atom is -0.379 e. The van der Waals surface area contributed by atoms with Gasteiger partial charge >= 0.3 is 0 Å². The van der Waals surface area contributed by atoms with E-state index in [1.54, 1.807) is 6.92 Å². The van der Waals surface area contributed by atoms with Crippen LogP contribution in [0, 0.1) is 23.7 Å². The molecule has 154 valence electrons. The van der Waals surface area contributed by atoms with Crippen molar-refractivity contribution in [1.82, 2.24) is 15.5 Å². The van der Waals surface area contributed by atoms with Crippen LogP contribution >= 0.6 is 0 Å². The molecule has 6 heteroatoms. The van der Waals surface area contributed by atoms with E-state index in [0.29, 0.717) is 43.2 Å². The highest BCUT2D eigenvalue weighted by Gasteiger charge is 2.32. The topological polar surface area (TPSA) is 70.7 Å². The van der Waals surface area contributed by atoms with Gasteiger partial charge in [-0.3, -0.25) is 14.5 Å². The first-order chi connectivity index (χ1) is 12.9. The van der Waals surface area contributed by atoms with E-state index < -0.39 is 0 Å². The molecule has 0 aromatic rings. The van der Waals surface area contributed by atoms with E-state index in [-0.39, 0.29) is 11.8 Å². The lowest BCUT2D eigenvalue weighted by Gasteiger charge is -2.37. The average Bonchev–Trinajstić information content (AvgIpc) is 2.62. The molecule has 2 aliphatic rings. The molecular formula is C21H37N3O3. The van der Waals surface area contributed by atoms with Crippen molar-refractivity contribution in [3.8, 4) is 0 Å². The van der Waals surface area contributed by atoms with Crippen LogP contribution in [0.3, 0.4) is 0 Å². The van der Waals surface area contributed by atoms with Crippen LogP contribution in [0.4, 0.5) is 0 Å². The van der Waals surface area contributed by atoms with E-state index in [1.807, 2.05) is 0 Å². The first-order valence-corrected chi connectivity index (χ1v) is 10.4. The minimum atomic E-state index is 0.0188. The van der Waals surface area contributed by atoms with Crippen LogP contribution in [0.5, 0.6) is 0 Å². The highest BCUT2D eigenvalue weighted by Crippen LogP contribution is 2.38. The molecular weight excluding hydrogens is 342 g/mol. The molecule has 0 unspecified atom stereocenters. The molecule has 0 saturated carbocycles. The normalized spacial score (nSPS) is 26.6. The highest BCUT2D eigenvalue weighted by atomic mass is 16.5. The Labute approximate surface area is 164 Å². The number of rotatable bonds is 8. The summed E-state index contributed by atoms with van der Waals surface area (Å²) >= 11 is 0. The molecule has 6 nitrogen and oxygen atoms in total. The van der Waals surface area contributed by atoms with Crippen LogP contribution in [0.15, 0.2) is 11.6 Å². The van der Waals surface area contributed by atoms with E-state index in [1.165, 1.54) is 5.57 Å². The largest absolute Gasteiger partial charge is 0.379 e. The lowest BCUT2D eigenvalue weighted by molar-refractivity contribution is -0.122. The Kier molecular flexibility index (Phi) is 8.77. The zero-order chi connectivity index (χ0) is 19.8. The van der Waals surface area contributed by atoms with Gasteiger partial charge in [-0.15, -0.1) is 0 Å². The quantitative estimate of drug-likeness (QED) is 0.631. The molecule has 27 heavy (non-hydrogen) atoms. The van der Waals surface area contributed by atoms with E-state index >= 15 is 0 Å². The van der Waals surface area contributed by atoms with E-state index in [4.69, 9.17) is 4.74 Å². The fourth-order valence-corrected chi connectivity index (χ4v) is 4.24. The van der Waals surface area contributed by atoms with Gasteiger partial charge in [0.2, 0.25) is 11.8 Å². The molecule has 0 aromatic heterocycles. The van der Waals surface area contributed by atoms with Gasteiger partial charge in [0.05, 0.1) is 13.2 Å². The van der Waals surface area contributed by atoms with Crippen molar-refractivity contribution in [3.63, 3.8) is 0 Å². The molecule has 0 aromatic carbocycles. The van der Waals surface area contributed by atoms with Crippen molar-refractivity contribution in [1.29, 1.82) is 0 Å². The number of amides is 2. The van der Waals surface area contributed by atoms with Crippen LogP contribution < -0.4 is 10.6 Å². The standard InChI is InChI=1S/C21H37N3O3/c1-15(2)20-12-18(16(3)11-19(20)14-23-17(4)25)13-21(26)22-5-6-24-7-9-27-10-8-24/h11,15,18-20H,5-10,12-14H2,1-4H3,(H,22,26)(H,23,25)/t18-,19-,20-/m0/s1. The van der Waals surface area contributed by atoms with Gasteiger partial charge in [0, 0.05) is 46.1 Å². The summed E-state index contributed by atoms with van der Waals surface area (Å²) in [7, 11) is 0. The number of ether oxygens (including phenoxy) is 1. The van der Waals surface area contributed by atoms with Crippen molar-refractivity contribution in [2.24, 2.45) is 23.7 Å². The summed E-state index contributed by atoms with van der Waals surface area (Å²) in [5.41, 5.74) is 1.28. The monoisotopic (exact) mass is 379 g/mol. The molecule has 1 aliphatic heterocycles. The number of nitrogens with one attached hydrogen (secondary N) is 2. The Morgan fingerprint density at radius 1 is 1.26 bits per heavy atom. The third-order valence-corrected chi connectivity index (χ3v) is 5.96. The first kappa shape index (κ1) is 21.9. The molecule has 2 rings (SSSR count). The van der Waals surface area contributed by atoms with Crippen molar-refractivity contribution in [2.45, 2.75) is 40.5 Å². The molecule has 0 bridgehead atoms. The van der Waals surface area contributed by atoms with Gasteiger partial charge in [0.25, 0.3) is 0 Å². The fourth-order valence-electron chi connectivity index (χ4n) is 4.24. The molecule has 0 radical (unpaired) electrons. The van der Waals surface area contributed by atoms with Crippen molar-refractivity contribution in [3.05, 3.63) is 11.6 Å². The first-order valence-electron chi connectivity index (χ1n) is 10.4. The number of hydrogen-bond donors (Lipinski definition) is 2. The Morgan fingerprint density at radius 3 is 2.59 bits per heavy atom. The zero-order valence-corrected chi connectivity index (χ0v) is 17.4. The number of morpholine rings is 1. The Hall–Kier alpha value is -1.40. The van der Waals surface area contributed by atoms with Gasteiger partial charge in [0.1, 0.15) is 0 Å². The van der Waals surface area contributed by atoms with E-state index in [2.05, 4.69) is 42.4 Å². The molecule has 1 heterocycles. The van der Waals surface area contributed by atoms with Gasteiger partial charge in [-0.05, 0) is 37.0 Å². The smallest absolute Gasteiger partial charge is 0.220 e. The Balaban J connectivity index is 1.82. The second-order valence-electron chi connectivity index (χ2n) is 8.36. The summed E-state index contributed by atoms with van der Waals surface area (Å²) in [4.78, 5) is 26.0. The maximum Gasteiger partial charge on any atom is 0.220 e. The van der Waals surface area contributed by atoms with Crippen LogP contribution in [-0.2, 0) is 14.3 Å². The molecule has 1 aliphatic carbocycles.